The Morgan fingerprint density at radius 1 is 1.05 bits per heavy atom. The van der Waals surface area contributed by atoms with Crippen molar-refractivity contribution < 1.29 is 9.53 Å². The first-order valence-corrected chi connectivity index (χ1v) is 13.0. The van der Waals surface area contributed by atoms with Gasteiger partial charge in [-0.2, -0.15) is 0 Å². The van der Waals surface area contributed by atoms with Crippen LogP contribution in [0.25, 0.3) is 5.69 Å². The highest BCUT2D eigenvalue weighted by atomic mass is 32.1. The topological polar surface area (TPSA) is 71.4 Å². The average Bonchev–Trinajstić information content (AvgIpc) is 3.42. The van der Waals surface area contributed by atoms with E-state index >= 15 is 0 Å². The number of pyridine rings is 1. The molecule has 0 radical (unpaired) electrons. The van der Waals surface area contributed by atoms with Gasteiger partial charge in [0, 0.05) is 48.0 Å². The zero-order valence-electron chi connectivity index (χ0n) is 21.7. The Morgan fingerprint density at radius 3 is 2.58 bits per heavy atom. The van der Waals surface area contributed by atoms with Crippen LogP contribution in [0.5, 0.6) is 5.75 Å². The van der Waals surface area contributed by atoms with Gasteiger partial charge in [-0.15, -0.1) is 0 Å². The van der Waals surface area contributed by atoms with Gasteiger partial charge < -0.3 is 24.8 Å². The molecule has 7 nitrogen and oxygen atoms in total. The minimum Gasteiger partial charge on any atom is -0.497 e. The summed E-state index contributed by atoms with van der Waals surface area (Å²) in [5.41, 5.74) is 6.06. The Hall–Kier alpha value is -4.17. The van der Waals surface area contributed by atoms with Gasteiger partial charge in [-0.25, -0.2) is 0 Å². The first kappa shape index (κ1) is 25.5. The summed E-state index contributed by atoms with van der Waals surface area (Å²) in [5.74, 6) is 0.749. The summed E-state index contributed by atoms with van der Waals surface area (Å²) in [6, 6.07) is 25.4. The number of aryl methyl sites for hydroxylation is 1. The third-order valence-corrected chi connectivity index (χ3v) is 7.29. The van der Waals surface area contributed by atoms with Gasteiger partial charge in [-0.1, -0.05) is 30.3 Å². The highest BCUT2D eigenvalue weighted by Crippen LogP contribution is 2.41. The van der Waals surface area contributed by atoms with Crippen LogP contribution in [0, 0.1) is 13.8 Å². The molecule has 38 heavy (non-hydrogen) atoms. The molecule has 0 saturated carbocycles. The van der Waals surface area contributed by atoms with Crippen molar-refractivity contribution in [3.8, 4) is 11.4 Å². The Labute approximate surface area is 228 Å². The number of hydrogen-bond acceptors (Lipinski definition) is 4. The van der Waals surface area contributed by atoms with Gasteiger partial charge in [0.1, 0.15) is 5.75 Å². The van der Waals surface area contributed by atoms with Crippen molar-refractivity contribution in [3.05, 3.63) is 108 Å². The van der Waals surface area contributed by atoms with E-state index in [9.17, 15) is 4.79 Å². The lowest BCUT2D eigenvalue weighted by Gasteiger charge is -2.28. The quantitative estimate of drug-likeness (QED) is 0.296. The number of methoxy groups -OCH3 is 1. The summed E-state index contributed by atoms with van der Waals surface area (Å²) in [6.45, 7) is 4.70. The van der Waals surface area contributed by atoms with Crippen molar-refractivity contribution in [2.24, 2.45) is 0 Å². The number of benzene rings is 2. The lowest BCUT2D eigenvalue weighted by Crippen LogP contribution is -2.32. The molecule has 2 aromatic carbocycles. The summed E-state index contributed by atoms with van der Waals surface area (Å²) >= 11 is 5.82. The van der Waals surface area contributed by atoms with Gasteiger partial charge in [-0.3, -0.25) is 9.78 Å². The fourth-order valence-corrected chi connectivity index (χ4v) is 5.52. The number of hydrogen-bond donors (Lipinski definition) is 2. The largest absolute Gasteiger partial charge is 0.497 e. The fraction of sp³-hybridized carbons (Fsp3) is 0.233. The molecule has 0 aliphatic carbocycles. The summed E-state index contributed by atoms with van der Waals surface area (Å²) in [4.78, 5) is 19.6. The van der Waals surface area contributed by atoms with Crippen LogP contribution < -0.4 is 15.4 Å². The van der Waals surface area contributed by atoms with Gasteiger partial charge >= 0.3 is 0 Å². The van der Waals surface area contributed by atoms with E-state index in [-0.39, 0.29) is 18.0 Å². The van der Waals surface area contributed by atoms with Crippen molar-refractivity contribution in [3.63, 3.8) is 0 Å². The monoisotopic (exact) mass is 525 g/mol. The molecule has 1 saturated heterocycles. The lowest BCUT2D eigenvalue weighted by atomic mass is 9.96. The molecule has 0 bridgehead atoms. The zero-order chi connectivity index (χ0) is 26.6. The molecule has 8 heteroatoms. The molecule has 5 rings (SSSR count). The molecular weight excluding hydrogens is 494 g/mol. The molecule has 1 aliphatic heterocycles. The van der Waals surface area contributed by atoms with E-state index in [1.54, 1.807) is 13.3 Å². The number of ether oxygens (including phenoxy) is 1. The van der Waals surface area contributed by atoms with Crippen LogP contribution in [-0.2, 0) is 4.79 Å². The second-order valence-electron chi connectivity index (χ2n) is 9.35. The molecule has 2 atom stereocenters. The fourth-order valence-electron chi connectivity index (χ4n) is 5.19. The summed E-state index contributed by atoms with van der Waals surface area (Å²) in [6.07, 6.45) is 2.10. The second-order valence-corrected chi connectivity index (χ2v) is 9.73. The van der Waals surface area contributed by atoms with Crippen LogP contribution in [0.3, 0.4) is 0 Å². The highest BCUT2D eigenvalue weighted by Gasteiger charge is 2.41. The number of thiocarbonyl (C=S) groups is 1. The lowest BCUT2D eigenvalue weighted by molar-refractivity contribution is -0.116. The van der Waals surface area contributed by atoms with E-state index in [0.717, 1.165) is 39.8 Å². The normalized spacial score (nSPS) is 16.8. The van der Waals surface area contributed by atoms with Crippen molar-refractivity contribution in [2.75, 3.05) is 19.0 Å². The van der Waals surface area contributed by atoms with Crippen LogP contribution in [-0.4, -0.2) is 39.1 Å². The number of rotatable bonds is 8. The number of nitrogens with one attached hydrogen (secondary N) is 2. The Kier molecular flexibility index (Phi) is 7.42. The zero-order valence-corrected chi connectivity index (χ0v) is 22.5. The van der Waals surface area contributed by atoms with Crippen LogP contribution in [0.15, 0.2) is 85.1 Å². The third kappa shape index (κ3) is 5.13. The maximum absolute atomic E-state index is 12.8. The smallest absolute Gasteiger partial charge is 0.226 e. The van der Waals surface area contributed by atoms with Gasteiger partial charge in [-0.05, 0) is 74.1 Å². The molecule has 3 heterocycles. The van der Waals surface area contributed by atoms with Crippen LogP contribution in [0.2, 0.25) is 0 Å². The van der Waals surface area contributed by atoms with E-state index in [1.165, 1.54) is 0 Å². The van der Waals surface area contributed by atoms with E-state index in [0.29, 0.717) is 18.1 Å². The Bertz CT molecular complexity index is 1440. The van der Waals surface area contributed by atoms with Gasteiger partial charge in [0.25, 0.3) is 0 Å². The predicted octanol–water partition coefficient (Wildman–Crippen LogP) is 5.50. The van der Waals surface area contributed by atoms with E-state index in [1.807, 2.05) is 66.7 Å². The number of para-hydroxylation sites is 1. The SMILES string of the molecule is COc1cccc(-n2c(C)cc([C@H]3[C@H](c4ccccn4)NC(=S)N3CCC(=O)Nc3ccccc3)c2C)c1. The van der Waals surface area contributed by atoms with Crippen LogP contribution in [0.1, 0.15) is 41.1 Å². The number of amides is 1. The minimum atomic E-state index is -0.153. The van der Waals surface area contributed by atoms with Crippen LogP contribution >= 0.6 is 12.2 Å². The molecular formula is C30H31N5O2S. The first-order chi connectivity index (χ1) is 18.5. The van der Waals surface area contributed by atoms with E-state index < -0.39 is 0 Å². The minimum absolute atomic E-state index is 0.0547. The Morgan fingerprint density at radius 2 is 1.84 bits per heavy atom. The molecule has 0 unspecified atom stereocenters. The summed E-state index contributed by atoms with van der Waals surface area (Å²) in [5, 5.41) is 7.08. The maximum atomic E-state index is 12.8. The molecule has 2 N–H and O–H groups in total. The number of aromatic nitrogens is 2. The van der Waals surface area contributed by atoms with Gasteiger partial charge in [0.2, 0.25) is 5.91 Å². The van der Waals surface area contributed by atoms with E-state index in [2.05, 4.69) is 51.1 Å². The molecule has 2 aromatic heterocycles. The van der Waals surface area contributed by atoms with Gasteiger partial charge in [0.05, 0.1) is 24.9 Å². The summed E-state index contributed by atoms with van der Waals surface area (Å²) in [7, 11) is 1.67. The molecule has 4 aromatic rings. The van der Waals surface area contributed by atoms with Gasteiger partial charge in [0.15, 0.2) is 5.11 Å². The number of anilines is 1. The maximum Gasteiger partial charge on any atom is 0.226 e. The molecule has 194 valence electrons. The van der Waals surface area contributed by atoms with E-state index in [4.69, 9.17) is 17.0 Å². The first-order valence-electron chi connectivity index (χ1n) is 12.6. The Balaban J connectivity index is 1.48. The third-order valence-electron chi connectivity index (χ3n) is 6.94. The van der Waals surface area contributed by atoms with Crippen molar-refractivity contribution >= 4 is 28.9 Å². The average molecular weight is 526 g/mol. The molecule has 1 amide bonds. The van der Waals surface area contributed by atoms with Crippen molar-refractivity contribution in [1.82, 2.24) is 19.8 Å². The predicted molar refractivity (Wildman–Crippen MR) is 154 cm³/mol. The standard InChI is InChI=1S/C30H31N5O2S/c1-20-18-25(21(2)35(20)23-12-9-13-24(19-23)37-3)29-28(26-14-7-8-16-31-26)33-30(38)34(29)17-15-27(36)32-22-10-5-4-6-11-22/h4-14,16,18-19,28-29H,15,17H2,1-3H3,(H,32,36)(H,33,38)/t28-,29-/m0/s1. The molecule has 1 fully saturated rings. The van der Waals surface area contributed by atoms with Crippen molar-refractivity contribution in [2.45, 2.75) is 32.4 Å². The number of carbonyl (C=O) groups excluding carboxylic acids is 1. The summed E-state index contributed by atoms with van der Waals surface area (Å²) < 4.78 is 7.70. The highest BCUT2D eigenvalue weighted by molar-refractivity contribution is 7.80. The molecule has 1 aliphatic rings. The van der Waals surface area contributed by atoms with Crippen LogP contribution in [0.4, 0.5) is 5.69 Å². The number of nitrogens with zero attached hydrogens (tertiary/aromatic N) is 3. The molecule has 0 spiro atoms. The second kappa shape index (κ2) is 11.1. The number of carbonyl (C=O) groups is 1. The van der Waals surface area contributed by atoms with Crippen molar-refractivity contribution in [1.29, 1.82) is 0 Å².